The van der Waals surface area contributed by atoms with E-state index in [9.17, 15) is 19.7 Å². The number of carbonyl (C=O) groups is 2. The third-order valence-electron chi connectivity index (χ3n) is 3.93. The number of hydrogen-bond acceptors (Lipinski definition) is 5. The van der Waals surface area contributed by atoms with Crippen LogP contribution in [0.25, 0.3) is 0 Å². The summed E-state index contributed by atoms with van der Waals surface area (Å²) in [7, 11) is 0. The summed E-state index contributed by atoms with van der Waals surface area (Å²) in [6, 6.07) is 4.27. The molecule has 1 aromatic carbocycles. The number of thioether (sulfide) groups is 1. The number of carbonyl (C=O) groups excluding carboxylic acids is 1. The number of carboxylic acid groups (broad SMARTS) is 1. The fourth-order valence-corrected chi connectivity index (χ4v) is 3.89. The molecule has 1 aliphatic rings. The Balaban J connectivity index is 2.00. The van der Waals surface area contributed by atoms with Crippen molar-refractivity contribution in [2.75, 3.05) is 5.75 Å². The van der Waals surface area contributed by atoms with Gasteiger partial charge in [0.1, 0.15) is 0 Å². The van der Waals surface area contributed by atoms with E-state index in [0.717, 1.165) is 24.6 Å². The lowest BCUT2D eigenvalue weighted by molar-refractivity contribution is -0.387. The minimum absolute atomic E-state index is 0.0240. The second-order valence-electron chi connectivity index (χ2n) is 5.76. The minimum Gasteiger partial charge on any atom is -0.481 e. The third kappa shape index (κ3) is 4.85. The van der Waals surface area contributed by atoms with Gasteiger partial charge in [0.15, 0.2) is 0 Å². The molecule has 0 aliphatic heterocycles. The Morgan fingerprint density at radius 1 is 1.38 bits per heavy atom. The Bertz CT molecular complexity index is 661. The number of nitrogens with one attached hydrogen (secondary N) is 1. The maximum absolute atomic E-state index is 12.2. The van der Waals surface area contributed by atoms with Crippen LogP contribution in [0.1, 0.15) is 32.1 Å². The molecule has 0 unspecified atom stereocenters. The number of aliphatic carboxylic acids is 1. The molecule has 1 amide bonds. The zero-order valence-corrected chi connectivity index (χ0v) is 14.4. The molecule has 2 N–H and O–H groups in total. The van der Waals surface area contributed by atoms with Crippen molar-refractivity contribution in [1.82, 2.24) is 5.32 Å². The second kappa shape index (κ2) is 7.85. The number of benzene rings is 1. The highest BCUT2D eigenvalue weighted by Gasteiger charge is 2.37. The molecule has 9 heteroatoms. The van der Waals surface area contributed by atoms with Crippen LogP contribution in [-0.4, -0.2) is 33.2 Å². The first kappa shape index (κ1) is 18.5. The number of nitro groups is 1. The molecule has 0 radical (unpaired) electrons. The molecular formula is C15H17ClN2O5S. The number of hydrogen-bond donors (Lipinski definition) is 2. The molecule has 130 valence electrons. The Kier molecular flexibility index (Phi) is 6.06. The molecule has 7 nitrogen and oxygen atoms in total. The van der Waals surface area contributed by atoms with Crippen LogP contribution in [0.2, 0.25) is 5.02 Å². The molecule has 1 aromatic rings. The highest BCUT2D eigenvalue weighted by molar-refractivity contribution is 8.00. The number of nitrogens with zero attached hydrogens (tertiary/aromatic N) is 1. The lowest BCUT2D eigenvalue weighted by Crippen LogP contribution is -2.48. The van der Waals surface area contributed by atoms with Crippen LogP contribution >= 0.6 is 23.4 Å². The van der Waals surface area contributed by atoms with E-state index in [0.29, 0.717) is 17.7 Å². The highest BCUT2D eigenvalue weighted by Crippen LogP contribution is 2.34. The van der Waals surface area contributed by atoms with Crippen LogP contribution < -0.4 is 5.32 Å². The summed E-state index contributed by atoms with van der Waals surface area (Å²) in [5.74, 6) is -1.30. The first-order chi connectivity index (χ1) is 11.3. The van der Waals surface area contributed by atoms with Crippen molar-refractivity contribution in [2.24, 2.45) is 0 Å². The fraction of sp³-hybridized carbons (Fsp3) is 0.467. The van der Waals surface area contributed by atoms with Gasteiger partial charge in [-0.05, 0) is 25.0 Å². The van der Waals surface area contributed by atoms with Gasteiger partial charge in [-0.25, -0.2) is 0 Å². The zero-order valence-electron chi connectivity index (χ0n) is 12.8. The van der Waals surface area contributed by atoms with Gasteiger partial charge in [0.2, 0.25) is 5.91 Å². The Morgan fingerprint density at radius 2 is 2.04 bits per heavy atom. The SMILES string of the molecule is O=C(O)CC1(NC(=O)CSc2ccc(Cl)cc2[N+](=O)[O-])CCCC1. The van der Waals surface area contributed by atoms with Crippen molar-refractivity contribution in [3.05, 3.63) is 33.3 Å². The van der Waals surface area contributed by atoms with E-state index in [-0.39, 0.29) is 28.8 Å². The Morgan fingerprint density at radius 3 is 2.62 bits per heavy atom. The van der Waals surface area contributed by atoms with Gasteiger partial charge in [0, 0.05) is 11.1 Å². The van der Waals surface area contributed by atoms with Gasteiger partial charge in [-0.3, -0.25) is 19.7 Å². The molecule has 1 aliphatic carbocycles. The summed E-state index contributed by atoms with van der Waals surface area (Å²) in [4.78, 5) is 34.1. The molecule has 2 rings (SSSR count). The van der Waals surface area contributed by atoms with Crippen molar-refractivity contribution >= 4 is 40.9 Å². The minimum atomic E-state index is -0.946. The van der Waals surface area contributed by atoms with E-state index >= 15 is 0 Å². The van der Waals surface area contributed by atoms with Gasteiger partial charge in [0.05, 0.1) is 27.5 Å². The van der Waals surface area contributed by atoms with Crippen molar-refractivity contribution in [1.29, 1.82) is 0 Å². The maximum atomic E-state index is 12.2. The first-order valence-corrected chi connectivity index (χ1v) is 8.77. The quantitative estimate of drug-likeness (QED) is 0.432. The van der Waals surface area contributed by atoms with E-state index in [1.165, 1.54) is 18.2 Å². The van der Waals surface area contributed by atoms with Gasteiger partial charge in [-0.15, -0.1) is 11.8 Å². The summed E-state index contributed by atoms with van der Waals surface area (Å²) in [5, 5.41) is 23.1. The van der Waals surface area contributed by atoms with Gasteiger partial charge in [-0.2, -0.15) is 0 Å². The summed E-state index contributed by atoms with van der Waals surface area (Å²) in [6.07, 6.45) is 2.92. The van der Waals surface area contributed by atoms with Gasteiger partial charge in [-0.1, -0.05) is 24.4 Å². The molecule has 24 heavy (non-hydrogen) atoms. The summed E-state index contributed by atoms with van der Waals surface area (Å²) < 4.78 is 0. The zero-order chi connectivity index (χ0) is 17.7. The lowest BCUT2D eigenvalue weighted by Gasteiger charge is -2.28. The summed E-state index contributed by atoms with van der Waals surface area (Å²) in [5.41, 5.74) is -0.850. The average molecular weight is 373 g/mol. The molecule has 0 bridgehead atoms. The van der Waals surface area contributed by atoms with Crippen LogP contribution in [0, 0.1) is 10.1 Å². The molecule has 0 heterocycles. The van der Waals surface area contributed by atoms with Crippen molar-refractivity contribution in [2.45, 2.75) is 42.5 Å². The number of halogens is 1. The van der Waals surface area contributed by atoms with E-state index in [2.05, 4.69) is 5.32 Å². The van der Waals surface area contributed by atoms with E-state index in [1.54, 1.807) is 0 Å². The molecule has 0 aromatic heterocycles. The highest BCUT2D eigenvalue weighted by atomic mass is 35.5. The molecule has 1 fully saturated rings. The Labute approximate surface area is 147 Å². The van der Waals surface area contributed by atoms with Crippen LogP contribution in [0.3, 0.4) is 0 Å². The predicted octanol–water partition coefficient (Wildman–Crippen LogP) is 3.24. The monoisotopic (exact) mass is 372 g/mol. The smallest absolute Gasteiger partial charge is 0.305 e. The van der Waals surface area contributed by atoms with Crippen molar-refractivity contribution < 1.29 is 19.6 Å². The van der Waals surface area contributed by atoms with E-state index in [1.807, 2.05) is 0 Å². The standard InChI is InChI=1S/C15H17ClN2O5S/c16-10-3-4-12(11(7-10)18(22)23)24-9-13(19)17-15(8-14(20)21)5-1-2-6-15/h3-4,7H,1-2,5-6,8-9H2,(H,17,19)(H,20,21). The maximum Gasteiger partial charge on any atom is 0.305 e. The van der Waals surface area contributed by atoms with Gasteiger partial charge >= 0.3 is 5.97 Å². The first-order valence-electron chi connectivity index (χ1n) is 7.41. The van der Waals surface area contributed by atoms with Gasteiger partial charge < -0.3 is 10.4 Å². The number of rotatable bonds is 7. The molecule has 1 saturated carbocycles. The Hall–Kier alpha value is -1.80. The number of amides is 1. The molecule has 0 saturated heterocycles. The molecular weight excluding hydrogens is 356 g/mol. The van der Waals surface area contributed by atoms with E-state index in [4.69, 9.17) is 16.7 Å². The molecule has 0 atom stereocenters. The average Bonchev–Trinajstić information content (AvgIpc) is 2.92. The van der Waals surface area contributed by atoms with Crippen LogP contribution in [0.5, 0.6) is 0 Å². The van der Waals surface area contributed by atoms with Gasteiger partial charge in [0.25, 0.3) is 5.69 Å². The van der Waals surface area contributed by atoms with Crippen molar-refractivity contribution in [3.8, 4) is 0 Å². The van der Waals surface area contributed by atoms with E-state index < -0.39 is 16.4 Å². The van der Waals surface area contributed by atoms with Crippen LogP contribution in [0.4, 0.5) is 5.69 Å². The summed E-state index contributed by atoms with van der Waals surface area (Å²) in [6.45, 7) is 0. The summed E-state index contributed by atoms with van der Waals surface area (Å²) >= 11 is 6.79. The predicted molar refractivity (Wildman–Crippen MR) is 90.4 cm³/mol. The fourth-order valence-electron chi connectivity index (χ4n) is 2.92. The number of nitro benzene ring substituents is 1. The molecule has 0 spiro atoms. The van der Waals surface area contributed by atoms with Crippen molar-refractivity contribution in [3.63, 3.8) is 0 Å². The third-order valence-corrected chi connectivity index (χ3v) is 5.23. The normalized spacial score (nSPS) is 15.9. The largest absolute Gasteiger partial charge is 0.481 e. The number of carboxylic acids is 1. The second-order valence-corrected chi connectivity index (χ2v) is 7.22. The van der Waals surface area contributed by atoms with Crippen LogP contribution in [-0.2, 0) is 9.59 Å². The topological polar surface area (TPSA) is 110 Å². The lowest BCUT2D eigenvalue weighted by atomic mass is 9.93. The van der Waals surface area contributed by atoms with Crippen LogP contribution in [0.15, 0.2) is 23.1 Å².